The maximum absolute atomic E-state index is 13.3. The maximum Gasteiger partial charge on any atom is 0.343 e. The van der Waals surface area contributed by atoms with Crippen LogP contribution in [0, 0.1) is 21.6 Å². The normalized spacial score (nSPS) is 11.6. The Morgan fingerprint density at radius 1 is 0.585 bits per heavy atom. The SMILES string of the molecule is CN/N=C(/C)c1cc(OC(=O)c2cccc(C(=O)Oc3cc(/C(C)=N\NC(=N)N)cc(/C(C)=N\NC(=N)N)c3)c2)cc(/C(C)=N/NC(=N)N)c1.N=CN. The van der Waals surface area contributed by atoms with E-state index in [4.69, 9.17) is 48.3 Å². The van der Waals surface area contributed by atoms with Crippen LogP contribution in [0.3, 0.4) is 0 Å². The molecule has 0 unspecified atom stereocenters. The number of nitrogens with zero attached hydrogens (tertiary/aromatic N) is 4. The molecule has 0 bridgehead atoms. The molecule has 20 heteroatoms. The fourth-order valence-electron chi connectivity index (χ4n) is 4.11. The predicted octanol–water partition coefficient (Wildman–Crippen LogP) is 1.24. The summed E-state index contributed by atoms with van der Waals surface area (Å²) in [5, 5.41) is 44.3. The van der Waals surface area contributed by atoms with Gasteiger partial charge in [-0.15, -0.1) is 0 Å². The van der Waals surface area contributed by atoms with E-state index in [0.717, 1.165) is 6.34 Å². The second kappa shape index (κ2) is 20.1. The van der Waals surface area contributed by atoms with Crippen molar-refractivity contribution < 1.29 is 19.1 Å². The Labute approximate surface area is 304 Å². The van der Waals surface area contributed by atoms with Gasteiger partial charge in [0.1, 0.15) is 11.5 Å². The molecule has 0 radical (unpaired) electrons. The van der Waals surface area contributed by atoms with Gasteiger partial charge in [0.25, 0.3) is 0 Å². The molecule has 0 heterocycles. The van der Waals surface area contributed by atoms with E-state index in [1.54, 1.807) is 71.1 Å². The molecule has 3 aromatic rings. The third-order valence-electron chi connectivity index (χ3n) is 6.55. The first-order chi connectivity index (χ1) is 25.1. The summed E-state index contributed by atoms with van der Waals surface area (Å²) >= 11 is 0. The summed E-state index contributed by atoms with van der Waals surface area (Å²) in [6, 6.07) is 15.6. The van der Waals surface area contributed by atoms with Crippen LogP contribution in [-0.4, -0.2) is 66.1 Å². The largest absolute Gasteiger partial charge is 0.423 e. The van der Waals surface area contributed by atoms with Crippen molar-refractivity contribution in [3.05, 3.63) is 94.0 Å². The number of hydrogen-bond acceptors (Lipinski definition) is 13. The van der Waals surface area contributed by atoms with Crippen molar-refractivity contribution >= 4 is 59.0 Å². The van der Waals surface area contributed by atoms with Gasteiger partial charge in [-0.3, -0.25) is 21.6 Å². The highest BCUT2D eigenvalue weighted by Crippen LogP contribution is 2.23. The van der Waals surface area contributed by atoms with E-state index < -0.39 is 11.9 Å². The molecule has 0 atom stereocenters. The third kappa shape index (κ3) is 13.7. The van der Waals surface area contributed by atoms with Gasteiger partial charge in [0, 0.05) is 29.3 Å². The van der Waals surface area contributed by atoms with Crippen LogP contribution in [0.1, 0.15) is 70.7 Å². The van der Waals surface area contributed by atoms with Crippen molar-refractivity contribution in [2.75, 3.05) is 7.05 Å². The topological polar surface area (TPSA) is 350 Å². The minimum Gasteiger partial charge on any atom is -0.423 e. The van der Waals surface area contributed by atoms with Crippen LogP contribution < -0.4 is 54.1 Å². The smallest absolute Gasteiger partial charge is 0.343 e. The van der Waals surface area contributed by atoms with E-state index in [2.05, 4.69) is 47.8 Å². The summed E-state index contributed by atoms with van der Waals surface area (Å²) < 4.78 is 11.4. The lowest BCUT2D eigenvalue weighted by Crippen LogP contribution is -2.27. The Kier molecular flexibility index (Phi) is 15.8. The number of hydrogen-bond donors (Lipinski definition) is 12. The maximum atomic E-state index is 13.3. The Hall–Kier alpha value is -7.64. The minimum atomic E-state index is -0.774. The molecule has 3 rings (SSSR count). The van der Waals surface area contributed by atoms with Crippen LogP contribution in [0.5, 0.6) is 11.5 Å². The summed E-state index contributed by atoms with van der Waals surface area (Å²) in [6.45, 7) is 6.76. The van der Waals surface area contributed by atoms with Gasteiger partial charge in [-0.05, 0) is 82.3 Å². The molecular weight excluding hydrogens is 684 g/mol. The average molecular weight is 727 g/mol. The van der Waals surface area contributed by atoms with E-state index in [9.17, 15) is 9.59 Å². The molecule has 0 amide bonds. The number of guanidine groups is 3. The zero-order chi connectivity index (χ0) is 39.7. The molecule has 0 aliphatic carbocycles. The highest BCUT2D eigenvalue weighted by atomic mass is 16.5. The molecule has 3 aromatic carbocycles. The van der Waals surface area contributed by atoms with Crippen molar-refractivity contribution in [3.8, 4) is 11.5 Å². The third-order valence-corrected chi connectivity index (χ3v) is 6.55. The molecule has 278 valence electrons. The van der Waals surface area contributed by atoms with E-state index in [0.29, 0.717) is 45.1 Å². The first-order valence-electron chi connectivity index (χ1n) is 15.3. The van der Waals surface area contributed by atoms with E-state index in [-0.39, 0.29) is 40.5 Å². The Bertz CT molecular complexity index is 1950. The molecule has 0 saturated heterocycles. The van der Waals surface area contributed by atoms with E-state index in [1.807, 2.05) is 0 Å². The van der Waals surface area contributed by atoms with Crippen LogP contribution in [0.4, 0.5) is 0 Å². The van der Waals surface area contributed by atoms with Crippen LogP contribution in [0.2, 0.25) is 0 Å². The lowest BCUT2D eigenvalue weighted by molar-refractivity contribution is 0.0734. The van der Waals surface area contributed by atoms with Crippen LogP contribution in [-0.2, 0) is 0 Å². The van der Waals surface area contributed by atoms with Gasteiger partial charge in [0.2, 0.25) is 17.9 Å². The number of nitrogens with two attached hydrogens (primary N) is 4. The molecule has 16 N–H and O–H groups in total. The van der Waals surface area contributed by atoms with Crippen molar-refractivity contribution in [2.45, 2.75) is 27.7 Å². The molecule has 0 aromatic heterocycles. The van der Waals surface area contributed by atoms with Gasteiger partial charge in [-0.1, -0.05) is 6.07 Å². The van der Waals surface area contributed by atoms with Gasteiger partial charge in [0.05, 0.1) is 40.3 Å². The average Bonchev–Trinajstić information content (AvgIpc) is 3.11. The van der Waals surface area contributed by atoms with Crippen molar-refractivity contribution in [3.63, 3.8) is 0 Å². The van der Waals surface area contributed by atoms with Gasteiger partial charge < -0.3 is 37.8 Å². The zero-order valence-electron chi connectivity index (χ0n) is 29.6. The van der Waals surface area contributed by atoms with Crippen molar-refractivity contribution in [2.24, 2.45) is 43.3 Å². The van der Waals surface area contributed by atoms with Gasteiger partial charge in [-0.25, -0.2) is 25.9 Å². The fraction of sp³-hybridized carbons (Fsp3) is 0.152. The summed E-state index contributed by atoms with van der Waals surface area (Å²) in [4.78, 5) is 26.7. The molecule has 0 saturated carbocycles. The molecule has 20 nitrogen and oxygen atoms in total. The Balaban J connectivity index is 0.00000313. The summed E-state index contributed by atoms with van der Waals surface area (Å²) in [5.74, 6) is -2.31. The molecule has 0 spiro atoms. The lowest BCUT2D eigenvalue weighted by atomic mass is 10.0. The number of ether oxygens (including phenoxy) is 2. The second-order valence-corrected chi connectivity index (χ2v) is 10.6. The quantitative estimate of drug-likeness (QED) is 0.0412. The number of hydrazone groups is 4. The Morgan fingerprint density at radius 2 is 0.868 bits per heavy atom. The zero-order valence-corrected chi connectivity index (χ0v) is 29.6. The van der Waals surface area contributed by atoms with Crippen LogP contribution in [0.15, 0.2) is 81.1 Å². The number of esters is 2. The standard InChI is InChI=1S/C32H38N14O4.CH4N2/c1-16(40-39-5)22-10-23(17(2)41-44-30(33)34)13-26(12-22)49-28(47)20-7-6-8-21(9-20)29(48)50-27-14-24(18(3)42-45-31(35)36)11-25(15-27)19(4)43-46-32(37)38;2-1-3/h6-15,39H,1-5H3,(H4,33,34,44)(H4,35,36,45)(H4,37,38,46);1H,(H3,2,3)/b40-16-,41-17+,42-18-,43-19-;. The number of rotatable bonds is 12. The van der Waals surface area contributed by atoms with E-state index in [1.165, 1.54) is 24.3 Å². The first-order valence-corrected chi connectivity index (χ1v) is 15.3. The van der Waals surface area contributed by atoms with Gasteiger partial charge in [0.15, 0.2) is 0 Å². The van der Waals surface area contributed by atoms with Crippen molar-refractivity contribution in [1.29, 1.82) is 21.6 Å². The summed E-state index contributed by atoms with van der Waals surface area (Å²) in [7, 11) is 1.65. The molecule has 0 aliphatic heterocycles. The lowest BCUT2D eigenvalue weighted by Gasteiger charge is -2.12. The molecule has 53 heavy (non-hydrogen) atoms. The highest BCUT2D eigenvalue weighted by molar-refractivity contribution is 6.06. The van der Waals surface area contributed by atoms with Crippen LogP contribution >= 0.6 is 0 Å². The number of carbonyl (C=O) groups excluding carboxylic acids is 2. The monoisotopic (exact) mass is 726 g/mol. The Morgan fingerprint density at radius 3 is 1.15 bits per heavy atom. The highest BCUT2D eigenvalue weighted by Gasteiger charge is 2.17. The number of carbonyl (C=O) groups is 2. The van der Waals surface area contributed by atoms with Crippen molar-refractivity contribution in [1.82, 2.24) is 21.7 Å². The van der Waals surface area contributed by atoms with Gasteiger partial charge >= 0.3 is 11.9 Å². The van der Waals surface area contributed by atoms with E-state index >= 15 is 0 Å². The number of nitrogens with one attached hydrogen (secondary N) is 8. The number of benzene rings is 3. The predicted molar refractivity (Wildman–Crippen MR) is 205 cm³/mol. The summed E-state index contributed by atoms with van der Waals surface area (Å²) in [5.41, 5.74) is 34.5. The van der Waals surface area contributed by atoms with Gasteiger partial charge in [-0.2, -0.15) is 20.4 Å². The first kappa shape index (κ1) is 41.5. The molecule has 0 fully saturated rings. The van der Waals surface area contributed by atoms with Crippen LogP contribution in [0.25, 0.3) is 0 Å². The second-order valence-electron chi connectivity index (χ2n) is 10.6. The summed E-state index contributed by atoms with van der Waals surface area (Å²) in [6.07, 6.45) is 0.750. The minimum absolute atomic E-state index is 0.0587. The molecular formula is C33H42N16O4. The molecule has 0 aliphatic rings. The fourth-order valence-corrected chi connectivity index (χ4v) is 4.11.